The van der Waals surface area contributed by atoms with Crippen LogP contribution in [-0.2, 0) is 11.3 Å². The van der Waals surface area contributed by atoms with Gasteiger partial charge in [0.25, 0.3) is 11.8 Å². The van der Waals surface area contributed by atoms with Crippen LogP contribution >= 0.6 is 0 Å². The molecule has 0 saturated carbocycles. The lowest BCUT2D eigenvalue weighted by atomic mass is 10.1. The van der Waals surface area contributed by atoms with Crippen molar-refractivity contribution >= 4 is 28.9 Å². The molecule has 0 aromatic heterocycles. The molecule has 2 N–H and O–H groups in total. The van der Waals surface area contributed by atoms with Gasteiger partial charge in [-0.3, -0.25) is 14.5 Å². The van der Waals surface area contributed by atoms with Gasteiger partial charge in [-0.15, -0.1) is 0 Å². The zero-order valence-electron chi connectivity index (χ0n) is 14.7. The lowest BCUT2D eigenvalue weighted by Gasteiger charge is -2.30. The highest BCUT2D eigenvalue weighted by molar-refractivity contribution is 6.09. The summed E-state index contributed by atoms with van der Waals surface area (Å²) in [4.78, 5) is 26.6. The van der Waals surface area contributed by atoms with E-state index < -0.39 is 0 Å². The number of hydrogen-bond acceptors (Lipinski definition) is 3. The summed E-state index contributed by atoms with van der Waals surface area (Å²) in [6.07, 6.45) is 0. The van der Waals surface area contributed by atoms with Gasteiger partial charge in [-0.05, 0) is 35.9 Å². The number of carbonyl (C=O) groups excluding carboxylic acids is 2. The Morgan fingerprint density at radius 3 is 2.41 bits per heavy atom. The average Bonchev–Trinajstić information content (AvgIpc) is 2.73. The van der Waals surface area contributed by atoms with E-state index in [4.69, 9.17) is 0 Å². The van der Waals surface area contributed by atoms with Crippen LogP contribution in [0.3, 0.4) is 0 Å². The molecule has 1 aliphatic heterocycles. The number of fused-ring (bicyclic) bond motifs is 1. The lowest BCUT2D eigenvalue weighted by Crippen LogP contribution is -2.36. The number of anilines is 3. The van der Waals surface area contributed by atoms with E-state index in [-0.39, 0.29) is 18.4 Å². The minimum absolute atomic E-state index is 0.0324. The Balaban J connectivity index is 1.56. The third kappa shape index (κ3) is 3.53. The number of para-hydroxylation sites is 1. The molecule has 0 aliphatic carbocycles. The van der Waals surface area contributed by atoms with Gasteiger partial charge in [-0.25, -0.2) is 0 Å². The standard InChI is InChI=1S/C22H19N3O2/c26-21-15-23-19-13-17(22(27)24-14-16-7-3-1-4-8-16)11-12-20(19)25(21)18-9-5-2-6-10-18/h1-13,23H,14-15H2,(H,24,27). The first-order valence-electron chi connectivity index (χ1n) is 8.80. The highest BCUT2D eigenvalue weighted by Gasteiger charge is 2.26. The molecule has 0 atom stereocenters. The molecule has 134 valence electrons. The van der Waals surface area contributed by atoms with E-state index in [9.17, 15) is 9.59 Å². The number of nitrogens with one attached hydrogen (secondary N) is 2. The average molecular weight is 357 g/mol. The summed E-state index contributed by atoms with van der Waals surface area (Å²) in [5, 5.41) is 6.04. The number of amides is 2. The van der Waals surface area contributed by atoms with Crippen molar-refractivity contribution in [1.82, 2.24) is 5.32 Å². The molecule has 0 saturated heterocycles. The number of rotatable bonds is 4. The number of hydrogen-bond donors (Lipinski definition) is 2. The normalized spacial score (nSPS) is 12.9. The maximum absolute atomic E-state index is 12.5. The molecule has 5 nitrogen and oxygen atoms in total. The Morgan fingerprint density at radius 2 is 1.67 bits per heavy atom. The summed E-state index contributed by atoms with van der Waals surface area (Å²) in [5.41, 5.74) is 3.93. The van der Waals surface area contributed by atoms with Gasteiger partial charge in [0, 0.05) is 17.8 Å². The zero-order chi connectivity index (χ0) is 18.6. The maximum atomic E-state index is 12.5. The molecule has 27 heavy (non-hydrogen) atoms. The summed E-state index contributed by atoms with van der Waals surface area (Å²) in [5.74, 6) is -0.179. The van der Waals surface area contributed by atoms with Gasteiger partial charge in [0.05, 0.1) is 17.9 Å². The first kappa shape index (κ1) is 16.8. The van der Waals surface area contributed by atoms with Gasteiger partial charge in [-0.2, -0.15) is 0 Å². The molecule has 4 rings (SSSR count). The molecule has 3 aromatic rings. The molecule has 0 spiro atoms. The molecular formula is C22H19N3O2. The number of benzene rings is 3. The molecule has 3 aromatic carbocycles. The second-order valence-corrected chi connectivity index (χ2v) is 6.32. The largest absolute Gasteiger partial charge is 0.374 e. The van der Waals surface area contributed by atoms with Crippen LogP contribution in [-0.4, -0.2) is 18.4 Å². The van der Waals surface area contributed by atoms with E-state index in [1.165, 1.54) is 0 Å². The minimum Gasteiger partial charge on any atom is -0.374 e. The van der Waals surface area contributed by atoms with Crippen molar-refractivity contribution in [2.75, 3.05) is 16.8 Å². The second-order valence-electron chi connectivity index (χ2n) is 6.32. The Labute approximate surface area is 157 Å². The van der Waals surface area contributed by atoms with Crippen molar-refractivity contribution in [3.63, 3.8) is 0 Å². The van der Waals surface area contributed by atoms with Crippen LogP contribution in [0.5, 0.6) is 0 Å². The van der Waals surface area contributed by atoms with Crippen molar-refractivity contribution < 1.29 is 9.59 Å². The van der Waals surface area contributed by atoms with E-state index in [0.29, 0.717) is 12.1 Å². The Bertz CT molecular complexity index is 971. The fourth-order valence-electron chi connectivity index (χ4n) is 3.14. The summed E-state index contributed by atoms with van der Waals surface area (Å²) in [7, 11) is 0. The minimum atomic E-state index is -0.147. The van der Waals surface area contributed by atoms with E-state index in [1.54, 1.807) is 17.0 Å². The third-order valence-corrected chi connectivity index (χ3v) is 4.49. The van der Waals surface area contributed by atoms with Gasteiger partial charge < -0.3 is 10.6 Å². The van der Waals surface area contributed by atoms with Gasteiger partial charge in [-0.1, -0.05) is 48.5 Å². The Morgan fingerprint density at radius 1 is 0.963 bits per heavy atom. The lowest BCUT2D eigenvalue weighted by molar-refractivity contribution is -0.116. The fraction of sp³-hybridized carbons (Fsp3) is 0.0909. The van der Waals surface area contributed by atoms with E-state index in [0.717, 1.165) is 22.6 Å². The predicted molar refractivity (Wildman–Crippen MR) is 106 cm³/mol. The highest BCUT2D eigenvalue weighted by Crippen LogP contribution is 2.35. The van der Waals surface area contributed by atoms with Crippen LogP contribution in [0.15, 0.2) is 78.9 Å². The van der Waals surface area contributed by atoms with Gasteiger partial charge >= 0.3 is 0 Å². The summed E-state index contributed by atoms with van der Waals surface area (Å²) < 4.78 is 0. The highest BCUT2D eigenvalue weighted by atomic mass is 16.2. The molecule has 1 aliphatic rings. The number of nitrogens with zero attached hydrogens (tertiary/aromatic N) is 1. The second kappa shape index (κ2) is 7.33. The van der Waals surface area contributed by atoms with Crippen LogP contribution in [0.25, 0.3) is 0 Å². The summed E-state index contributed by atoms with van der Waals surface area (Å²) in [6, 6.07) is 24.6. The molecule has 0 radical (unpaired) electrons. The monoisotopic (exact) mass is 357 g/mol. The molecule has 1 heterocycles. The zero-order valence-corrected chi connectivity index (χ0v) is 14.7. The quantitative estimate of drug-likeness (QED) is 0.748. The summed E-state index contributed by atoms with van der Waals surface area (Å²) >= 11 is 0. The first-order valence-corrected chi connectivity index (χ1v) is 8.80. The summed E-state index contributed by atoms with van der Waals surface area (Å²) in [6.45, 7) is 0.662. The topological polar surface area (TPSA) is 61.4 Å². The Kier molecular flexibility index (Phi) is 4.58. The van der Waals surface area contributed by atoms with E-state index in [2.05, 4.69) is 10.6 Å². The molecule has 5 heteroatoms. The van der Waals surface area contributed by atoms with Crippen molar-refractivity contribution in [3.05, 3.63) is 90.0 Å². The van der Waals surface area contributed by atoms with E-state index >= 15 is 0 Å². The predicted octanol–water partition coefficient (Wildman–Crippen LogP) is 3.71. The van der Waals surface area contributed by atoms with Crippen molar-refractivity contribution in [1.29, 1.82) is 0 Å². The smallest absolute Gasteiger partial charge is 0.251 e. The molecule has 0 bridgehead atoms. The van der Waals surface area contributed by atoms with Crippen LogP contribution in [0.1, 0.15) is 15.9 Å². The maximum Gasteiger partial charge on any atom is 0.251 e. The van der Waals surface area contributed by atoms with Crippen molar-refractivity contribution in [2.45, 2.75) is 6.54 Å². The molecular weight excluding hydrogens is 338 g/mol. The number of carbonyl (C=O) groups is 2. The van der Waals surface area contributed by atoms with Crippen LogP contribution in [0.2, 0.25) is 0 Å². The van der Waals surface area contributed by atoms with Crippen molar-refractivity contribution in [3.8, 4) is 0 Å². The van der Waals surface area contributed by atoms with Gasteiger partial charge in [0.1, 0.15) is 0 Å². The van der Waals surface area contributed by atoms with Gasteiger partial charge in [0.2, 0.25) is 0 Å². The third-order valence-electron chi connectivity index (χ3n) is 4.49. The van der Waals surface area contributed by atoms with Crippen LogP contribution in [0, 0.1) is 0 Å². The molecule has 0 fully saturated rings. The molecule has 0 unspecified atom stereocenters. The molecule has 2 amide bonds. The first-order chi connectivity index (χ1) is 13.2. The van der Waals surface area contributed by atoms with Crippen LogP contribution in [0.4, 0.5) is 17.1 Å². The fourth-order valence-corrected chi connectivity index (χ4v) is 3.14. The van der Waals surface area contributed by atoms with E-state index in [1.807, 2.05) is 66.7 Å². The van der Waals surface area contributed by atoms with Crippen molar-refractivity contribution in [2.24, 2.45) is 0 Å². The SMILES string of the molecule is O=C(NCc1ccccc1)c1ccc2c(c1)NCC(=O)N2c1ccccc1. The Hall–Kier alpha value is -3.60. The van der Waals surface area contributed by atoms with Gasteiger partial charge in [0.15, 0.2) is 0 Å². The van der Waals surface area contributed by atoms with Crippen LogP contribution < -0.4 is 15.5 Å².